The number of rotatable bonds is 4. The number of halogens is 3. The highest BCUT2D eigenvalue weighted by Gasteiger charge is 2.36. The Kier molecular flexibility index (Phi) is 5.80. The van der Waals surface area contributed by atoms with Gasteiger partial charge in [0.05, 0.1) is 5.56 Å². The van der Waals surface area contributed by atoms with Crippen molar-refractivity contribution in [2.75, 3.05) is 0 Å². The maximum atomic E-state index is 14.8. The van der Waals surface area contributed by atoms with Crippen LogP contribution in [0.15, 0.2) is 36.4 Å². The van der Waals surface area contributed by atoms with Crippen molar-refractivity contribution in [3.05, 3.63) is 59.4 Å². The normalized spacial score (nSPS) is 27.4. The van der Waals surface area contributed by atoms with Crippen LogP contribution < -0.4 is 0 Å². The molecule has 2 aromatic carbocycles. The van der Waals surface area contributed by atoms with E-state index < -0.39 is 17.5 Å². The lowest BCUT2D eigenvalue weighted by Gasteiger charge is -2.42. The molecule has 28 heavy (non-hydrogen) atoms. The maximum absolute atomic E-state index is 14.8. The SMILES string of the molecule is CCCC1CCC2CC(c3cc(F)c(-c4ccc(F)cc4)c(F)c3)CCC2C1. The highest BCUT2D eigenvalue weighted by atomic mass is 19.1. The molecule has 4 atom stereocenters. The third kappa shape index (κ3) is 3.99. The van der Waals surface area contributed by atoms with Crippen LogP contribution in [-0.4, -0.2) is 0 Å². The van der Waals surface area contributed by atoms with Crippen molar-refractivity contribution < 1.29 is 13.2 Å². The summed E-state index contributed by atoms with van der Waals surface area (Å²) in [5, 5.41) is 0. The minimum Gasteiger partial charge on any atom is -0.207 e. The van der Waals surface area contributed by atoms with Crippen LogP contribution in [0.3, 0.4) is 0 Å². The van der Waals surface area contributed by atoms with E-state index in [9.17, 15) is 13.2 Å². The largest absolute Gasteiger partial charge is 0.207 e. The average molecular weight is 387 g/mol. The molecule has 0 aromatic heterocycles. The molecule has 0 amide bonds. The van der Waals surface area contributed by atoms with Crippen molar-refractivity contribution >= 4 is 0 Å². The predicted molar refractivity (Wildman–Crippen MR) is 108 cm³/mol. The Morgan fingerprint density at radius 3 is 2.14 bits per heavy atom. The van der Waals surface area contributed by atoms with Crippen LogP contribution >= 0.6 is 0 Å². The molecular formula is C25H29F3. The molecule has 0 spiro atoms. The minimum atomic E-state index is -0.546. The Balaban J connectivity index is 1.51. The zero-order chi connectivity index (χ0) is 19.7. The Bertz CT molecular complexity index is 788. The zero-order valence-electron chi connectivity index (χ0n) is 16.6. The molecular weight excluding hydrogens is 357 g/mol. The summed E-state index contributed by atoms with van der Waals surface area (Å²) in [6.07, 6.45) is 9.79. The predicted octanol–water partition coefficient (Wildman–Crippen LogP) is 7.87. The molecule has 0 aliphatic heterocycles. The summed E-state index contributed by atoms with van der Waals surface area (Å²) in [5.41, 5.74) is 1.11. The molecule has 2 aliphatic carbocycles. The fourth-order valence-electron chi connectivity index (χ4n) is 5.68. The van der Waals surface area contributed by atoms with E-state index in [1.54, 1.807) is 0 Å². The first-order chi connectivity index (χ1) is 13.5. The Hall–Kier alpha value is -1.77. The highest BCUT2D eigenvalue weighted by Crippen LogP contribution is 2.48. The number of hydrogen-bond acceptors (Lipinski definition) is 0. The number of hydrogen-bond donors (Lipinski definition) is 0. The Labute approximate surface area is 166 Å². The quantitative estimate of drug-likeness (QED) is 0.501. The van der Waals surface area contributed by atoms with Crippen molar-refractivity contribution in [2.24, 2.45) is 17.8 Å². The highest BCUT2D eigenvalue weighted by molar-refractivity contribution is 5.65. The Morgan fingerprint density at radius 1 is 0.821 bits per heavy atom. The van der Waals surface area contributed by atoms with Gasteiger partial charge in [0, 0.05) is 0 Å². The molecule has 0 nitrogen and oxygen atoms in total. The van der Waals surface area contributed by atoms with Gasteiger partial charge in [0.2, 0.25) is 0 Å². The van der Waals surface area contributed by atoms with E-state index in [-0.39, 0.29) is 11.5 Å². The number of fused-ring (bicyclic) bond motifs is 1. The van der Waals surface area contributed by atoms with Crippen molar-refractivity contribution in [2.45, 2.75) is 64.2 Å². The van der Waals surface area contributed by atoms with Gasteiger partial charge in [-0.1, -0.05) is 38.3 Å². The second kappa shape index (κ2) is 8.31. The van der Waals surface area contributed by atoms with Crippen LogP contribution in [0.4, 0.5) is 13.2 Å². The molecule has 2 aromatic rings. The molecule has 0 saturated heterocycles. The van der Waals surface area contributed by atoms with Crippen LogP contribution in [0.2, 0.25) is 0 Å². The summed E-state index contributed by atoms with van der Waals surface area (Å²) in [6, 6.07) is 8.34. The molecule has 2 fully saturated rings. The molecule has 3 heteroatoms. The third-order valence-electron chi connectivity index (χ3n) is 7.09. The van der Waals surface area contributed by atoms with Crippen molar-refractivity contribution in [3.8, 4) is 11.1 Å². The molecule has 0 bridgehead atoms. The van der Waals surface area contributed by atoms with Crippen LogP contribution in [0.1, 0.15) is 69.8 Å². The molecule has 2 aliphatic rings. The van der Waals surface area contributed by atoms with Gasteiger partial charge in [0.1, 0.15) is 17.5 Å². The average Bonchev–Trinajstić information content (AvgIpc) is 2.68. The molecule has 150 valence electrons. The van der Waals surface area contributed by atoms with E-state index in [2.05, 4.69) is 6.92 Å². The van der Waals surface area contributed by atoms with Crippen molar-refractivity contribution in [3.63, 3.8) is 0 Å². The van der Waals surface area contributed by atoms with Gasteiger partial charge in [-0.2, -0.15) is 0 Å². The third-order valence-corrected chi connectivity index (χ3v) is 7.09. The van der Waals surface area contributed by atoms with Crippen LogP contribution in [0, 0.1) is 35.2 Å². The Morgan fingerprint density at radius 2 is 1.46 bits per heavy atom. The maximum Gasteiger partial charge on any atom is 0.134 e. The fraction of sp³-hybridized carbons (Fsp3) is 0.520. The monoisotopic (exact) mass is 386 g/mol. The second-order valence-electron chi connectivity index (χ2n) is 8.86. The summed E-state index contributed by atoms with van der Waals surface area (Å²) < 4.78 is 42.7. The van der Waals surface area contributed by atoms with E-state index in [1.165, 1.54) is 74.9 Å². The molecule has 0 N–H and O–H groups in total. The lowest BCUT2D eigenvalue weighted by atomic mass is 9.63. The van der Waals surface area contributed by atoms with Gasteiger partial charge in [-0.25, -0.2) is 13.2 Å². The van der Waals surface area contributed by atoms with Gasteiger partial charge in [0.25, 0.3) is 0 Å². The summed E-state index contributed by atoms with van der Waals surface area (Å²) >= 11 is 0. The second-order valence-corrected chi connectivity index (χ2v) is 8.86. The lowest BCUT2D eigenvalue weighted by Crippen LogP contribution is -2.30. The first-order valence-corrected chi connectivity index (χ1v) is 10.8. The minimum absolute atomic E-state index is 0.0579. The molecule has 4 rings (SSSR count). The fourth-order valence-corrected chi connectivity index (χ4v) is 5.68. The summed E-state index contributed by atoms with van der Waals surface area (Å²) in [6.45, 7) is 2.27. The van der Waals surface area contributed by atoms with E-state index >= 15 is 0 Å². The lowest BCUT2D eigenvalue weighted by molar-refractivity contribution is 0.114. The van der Waals surface area contributed by atoms with E-state index in [0.29, 0.717) is 11.5 Å². The topological polar surface area (TPSA) is 0 Å². The van der Waals surface area contributed by atoms with E-state index in [1.807, 2.05) is 0 Å². The van der Waals surface area contributed by atoms with Crippen LogP contribution in [0.5, 0.6) is 0 Å². The van der Waals surface area contributed by atoms with E-state index in [0.717, 1.165) is 30.2 Å². The molecule has 2 saturated carbocycles. The van der Waals surface area contributed by atoms with Gasteiger partial charge >= 0.3 is 0 Å². The van der Waals surface area contributed by atoms with Gasteiger partial charge in [-0.3, -0.25) is 0 Å². The summed E-state index contributed by atoms with van der Waals surface area (Å²) in [4.78, 5) is 0. The van der Waals surface area contributed by atoms with Crippen molar-refractivity contribution in [1.82, 2.24) is 0 Å². The first kappa shape index (κ1) is 19.5. The van der Waals surface area contributed by atoms with Gasteiger partial charge in [-0.05, 0) is 91.2 Å². The number of benzene rings is 2. The van der Waals surface area contributed by atoms with Gasteiger partial charge in [0.15, 0.2) is 0 Å². The molecule has 0 radical (unpaired) electrons. The van der Waals surface area contributed by atoms with Gasteiger partial charge < -0.3 is 0 Å². The summed E-state index contributed by atoms with van der Waals surface area (Å²) in [5.74, 6) is 1.13. The van der Waals surface area contributed by atoms with Crippen LogP contribution in [0.25, 0.3) is 11.1 Å². The zero-order valence-corrected chi connectivity index (χ0v) is 16.6. The van der Waals surface area contributed by atoms with Gasteiger partial charge in [-0.15, -0.1) is 0 Å². The standard InChI is InChI=1S/C25H29F3/c1-2-3-16-4-5-19-13-20(7-6-18(19)12-16)21-14-23(27)25(24(28)15-21)17-8-10-22(26)11-9-17/h8-11,14-16,18-20H,2-7,12-13H2,1H3. The van der Waals surface area contributed by atoms with Crippen molar-refractivity contribution in [1.29, 1.82) is 0 Å². The summed E-state index contributed by atoms with van der Waals surface area (Å²) in [7, 11) is 0. The van der Waals surface area contributed by atoms with Crippen LogP contribution in [-0.2, 0) is 0 Å². The smallest absolute Gasteiger partial charge is 0.134 e. The molecule has 4 unspecified atom stereocenters. The first-order valence-electron chi connectivity index (χ1n) is 10.8. The molecule has 0 heterocycles. The van der Waals surface area contributed by atoms with E-state index in [4.69, 9.17) is 0 Å².